The Hall–Kier alpha value is -3.67. The van der Waals surface area contributed by atoms with Gasteiger partial charge in [0.15, 0.2) is 0 Å². The number of halogens is 6. The van der Waals surface area contributed by atoms with E-state index in [1.165, 1.54) is 18.2 Å². The van der Waals surface area contributed by atoms with E-state index in [-0.39, 0.29) is 56.0 Å². The van der Waals surface area contributed by atoms with Crippen LogP contribution in [0.15, 0.2) is 42.5 Å². The molecule has 0 aliphatic carbocycles. The van der Waals surface area contributed by atoms with E-state index in [1.807, 2.05) is 0 Å². The molecule has 4 N–H and O–H groups in total. The van der Waals surface area contributed by atoms with E-state index in [4.69, 9.17) is 39.5 Å². The summed E-state index contributed by atoms with van der Waals surface area (Å²) in [4.78, 5) is 32.8. The van der Waals surface area contributed by atoms with Crippen LogP contribution in [0.3, 0.4) is 0 Å². The summed E-state index contributed by atoms with van der Waals surface area (Å²) in [6.45, 7) is 4.54. The molecule has 0 spiro atoms. The highest BCUT2D eigenvalue weighted by Crippen LogP contribution is 2.36. The van der Waals surface area contributed by atoms with Crippen molar-refractivity contribution in [2.75, 3.05) is 17.2 Å². The standard InChI is InChI=1S/C28H25Cl3F3N5O3/c1-28(2,3)26(41)35-11-13-4-5-18(30)24(23(13)31)39-27-37-19-9-17(21(10-20(19)38-27)42-12-22(33)34)25(40)36-16-7-14(29)6-15(32)8-16/h4-10,22H,11-12H2,1-3H3,(H,35,41)(H,36,40)(H2,37,38,39). The van der Waals surface area contributed by atoms with Gasteiger partial charge in [-0.2, -0.15) is 0 Å². The largest absolute Gasteiger partial charge is 0.487 e. The summed E-state index contributed by atoms with van der Waals surface area (Å²) in [5, 5.41) is 8.87. The van der Waals surface area contributed by atoms with Crippen LogP contribution < -0.4 is 20.7 Å². The van der Waals surface area contributed by atoms with Crippen LogP contribution in [-0.2, 0) is 11.3 Å². The fourth-order valence-electron chi connectivity index (χ4n) is 3.78. The third-order valence-corrected chi connectivity index (χ3v) is 6.81. The number of rotatable bonds is 9. The minimum atomic E-state index is -2.81. The molecule has 2 amide bonds. The number of hydrogen-bond acceptors (Lipinski definition) is 5. The summed E-state index contributed by atoms with van der Waals surface area (Å²) in [6, 6.07) is 9.40. The molecule has 0 atom stereocenters. The molecule has 0 fully saturated rings. The quantitative estimate of drug-likeness (QED) is 0.148. The van der Waals surface area contributed by atoms with E-state index < -0.39 is 30.2 Å². The Kier molecular flexibility index (Phi) is 9.44. The minimum absolute atomic E-state index is 0.0529. The minimum Gasteiger partial charge on any atom is -0.487 e. The lowest BCUT2D eigenvalue weighted by Crippen LogP contribution is -2.34. The first-order chi connectivity index (χ1) is 19.7. The van der Waals surface area contributed by atoms with Crippen molar-refractivity contribution in [2.45, 2.75) is 33.7 Å². The number of carbonyl (C=O) groups is 2. The maximum Gasteiger partial charge on any atom is 0.272 e. The van der Waals surface area contributed by atoms with Crippen LogP contribution in [0, 0.1) is 11.2 Å². The molecule has 0 bridgehead atoms. The molecule has 14 heteroatoms. The molecule has 0 aliphatic rings. The van der Waals surface area contributed by atoms with E-state index in [9.17, 15) is 22.8 Å². The Morgan fingerprint density at radius 3 is 2.48 bits per heavy atom. The molecule has 0 aliphatic heterocycles. The summed E-state index contributed by atoms with van der Waals surface area (Å²) in [6.07, 6.45) is -2.81. The molecule has 1 heterocycles. The van der Waals surface area contributed by atoms with Crippen LogP contribution in [0.25, 0.3) is 11.0 Å². The van der Waals surface area contributed by atoms with Crippen molar-refractivity contribution < 1.29 is 27.5 Å². The average Bonchev–Trinajstić information content (AvgIpc) is 3.28. The highest BCUT2D eigenvalue weighted by Gasteiger charge is 2.22. The van der Waals surface area contributed by atoms with Crippen LogP contribution in [0.2, 0.25) is 15.1 Å². The summed E-state index contributed by atoms with van der Waals surface area (Å²) >= 11 is 18.9. The summed E-state index contributed by atoms with van der Waals surface area (Å²) in [5.41, 5.74) is 0.849. The Morgan fingerprint density at radius 2 is 1.81 bits per heavy atom. The number of imidazole rings is 1. The Morgan fingerprint density at radius 1 is 1.07 bits per heavy atom. The van der Waals surface area contributed by atoms with Crippen molar-refractivity contribution in [1.82, 2.24) is 15.3 Å². The predicted molar refractivity (Wildman–Crippen MR) is 158 cm³/mol. The molecule has 1 aromatic heterocycles. The van der Waals surface area contributed by atoms with Gasteiger partial charge in [-0.1, -0.05) is 61.6 Å². The van der Waals surface area contributed by atoms with Gasteiger partial charge in [0.2, 0.25) is 11.9 Å². The highest BCUT2D eigenvalue weighted by atomic mass is 35.5. The van der Waals surface area contributed by atoms with Crippen LogP contribution in [0.5, 0.6) is 5.75 Å². The summed E-state index contributed by atoms with van der Waals surface area (Å²) in [5.74, 6) is -1.61. The van der Waals surface area contributed by atoms with Gasteiger partial charge >= 0.3 is 0 Å². The first-order valence-electron chi connectivity index (χ1n) is 12.5. The zero-order valence-electron chi connectivity index (χ0n) is 22.5. The first-order valence-corrected chi connectivity index (χ1v) is 13.6. The van der Waals surface area contributed by atoms with Gasteiger partial charge in [0.05, 0.1) is 32.3 Å². The molecule has 0 radical (unpaired) electrons. The van der Waals surface area contributed by atoms with E-state index in [2.05, 4.69) is 25.9 Å². The van der Waals surface area contributed by atoms with E-state index in [0.717, 1.165) is 12.1 Å². The molecule has 222 valence electrons. The maximum atomic E-state index is 13.8. The summed E-state index contributed by atoms with van der Waals surface area (Å²) in [7, 11) is 0. The number of benzene rings is 3. The van der Waals surface area contributed by atoms with Crippen molar-refractivity contribution in [2.24, 2.45) is 5.41 Å². The molecule has 0 saturated heterocycles. The van der Waals surface area contributed by atoms with Gasteiger partial charge in [-0.25, -0.2) is 18.2 Å². The normalized spacial score (nSPS) is 11.6. The lowest BCUT2D eigenvalue weighted by molar-refractivity contribution is -0.128. The van der Waals surface area contributed by atoms with Gasteiger partial charge < -0.3 is 25.7 Å². The number of alkyl halides is 2. The van der Waals surface area contributed by atoms with Crippen LogP contribution in [-0.4, -0.2) is 34.8 Å². The van der Waals surface area contributed by atoms with E-state index >= 15 is 0 Å². The van der Waals surface area contributed by atoms with Gasteiger partial charge in [0, 0.05) is 28.7 Å². The fourth-order valence-corrected chi connectivity index (χ4v) is 4.53. The number of amides is 2. The number of ether oxygens (including phenoxy) is 1. The van der Waals surface area contributed by atoms with Crippen LogP contribution >= 0.6 is 34.8 Å². The number of aromatic amines is 1. The Bertz CT molecular complexity index is 1640. The second kappa shape index (κ2) is 12.7. The molecule has 4 rings (SSSR count). The lowest BCUT2D eigenvalue weighted by atomic mass is 9.95. The van der Waals surface area contributed by atoms with Crippen molar-refractivity contribution in [3.8, 4) is 5.75 Å². The van der Waals surface area contributed by atoms with E-state index in [0.29, 0.717) is 16.8 Å². The van der Waals surface area contributed by atoms with Gasteiger partial charge in [0.1, 0.15) is 18.2 Å². The Balaban J connectivity index is 1.64. The van der Waals surface area contributed by atoms with Crippen molar-refractivity contribution in [3.63, 3.8) is 0 Å². The zero-order valence-corrected chi connectivity index (χ0v) is 24.7. The van der Waals surface area contributed by atoms with Crippen LogP contribution in [0.4, 0.5) is 30.5 Å². The fraction of sp³-hybridized carbons (Fsp3) is 0.250. The number of fused-ring (bicyclic) bond motifs is 1. The van der Waals surface area contributed by atoms with Gasteiger partial charge in [-0.05, 0) is 35.9 Å². The maximum absolute atomic E-state index is 13.8. The molecule has 0 unspecified atom stereocenters. The summed E-state index contributed by atoms with van der Waals surface area (Å²) < 4.78 is 44.9. The molecule has 4 aromatic rings. The third kappa shape index (κ3) is 7.58. The van der Waals surface area contributed by atoms with Crippen molar-refractivity contribution >= 4 is 75.0 Å². The molecule has 0 saturated carbocycles. The lowest BCUT2D eigenvalue weighted by Gasteiger charge is -2.19. The van der Waals surface area contributed by atoms with Crippen LogP contribution in [0.1, 0.15) is 36.7 Å². The molecule has 42 heavy (non-hydrogen) atoms. The SMILES string of the molecule is CC(C)(C)C(=O)NCc1ccc(Cl)c(Nc2nc3cc(OCC(F)F)c(C(=O)Nc4cc(F)cc(Cl)c4)cc3[nH]2)c1Cl. The number of nitrogens with one attached hydrogen (secondary N) is 4. The second-order valence-corrected chi connectivity index (χ2v) is 11.4. The highest BCUT2D eigenvalue weighted by molar-refractivity contribution is 6.39. The number of H-pyrrole nitrogens is 1. The average molecular weight is 643 g/mol. The molecular formula is C28H25Cl3F3N5O3. The number of hydrogen-bond donors (Lipinski definition) is 4. The van der Waals surface area contributed by atoms with Crippen molar-refractivity contribution in [3.05, 3.63) is 74.5 Å². The second-order valence-electron chi connectivity index (χ2n) is 10.2. The number of anilines is 3. The number of carbonyl (C=O) groups excluding carboxylic acids is 2. The topological polar surface area (TPSA) is 108 Å². The molecular weight excluding hydrogens is 618 g/mol. The zero-order chi connectivity index (χ0) is 30.8. The Labute approximate surface area is 253 Å². The third-order valence-electron chi connectivity index (χ3n) is 5.85. The number of aromatic nitrogens is 2. The first kappa shape index (κ1) is 31.3. The molecule has 3 aromatic carbocycles. The van der Waals surface area contributed by atoms with Gasteiger partial charge in [0.25, 0.3) is 12.3 Å². The molecule has 8 nitrogen and oxygen atoms in total. The predicted octanol–water partition coefficient (Wildman–Crippen LogP) is 7.96. The van der Waals surface area contributed by atoms with Gasteiger partial charge in [-0.15, -0.1) is 0 Å². The monoisotopic (exact) mass is 641 g/mol. The van der Waals surface area contributed by atoms with E-state index in [1.54, 1.807) is 32.9 Å². The van der Waals surface area contributed by atoms with Crippen molar-refractivity contribution in [1.29, 1.82) is 0 Å². The number of nitrogens with zero attached hydrogens (tertiary/aromatic N) is 1. The smallest absolute Gasteiger partial charge is 0.272 e. The van der Waals surface area contributed by atoms with Gasteiger partial charge in [-0.3, -0.25) is 9.59 Å².